The molecule has 38 heavy (non-hydrogen) atoms. The van der Waals surface area contributed by atoms with Crippen LogP contribution in [0.1, 0.15) is 11.8 Å². The Bertz CT molecular complexity index is 1500. The number of carboxylic acids is 2. The zero-order valence-electron chi connectivity index (χ0n) is 19.5. The van der Waals surface area contributed by atoms with Gasteiger partial charge in [0.1, 0.15) is 23.8 Å². The van der Waals surface area contributed by atoms with E-state index >= 15 is 0 Å². The van der Waals surface area contributed by atoms with E-state index in [-0.39, 0.29) is 32.7 Å². The highest BCUT2D eigenvalue weighted by Gasteiger charge is 2.52. The molecule has 0 aliphatic carbocycles. The fourth-order valence-electron chi connectivity index (χ4n) is 4.12. The van der Waals surface area contributed by atoms with E-state index in [0.29, 0.717) is 0 Å². The summed E-state index contributed by atoms with van der Waals surface area (Å²) in [7, 11) is -3.84. The third-order valence-electron chi connectivity index (χ3n) is 6.03. The predicted molar refractivity (Wildman–Crippen MR) is 128 cm³/mol. The lowest BCUT2D eigenvalue weighted by atomic mass is 9.94. The molecule has 1 fully saturated rings. The topological polar surface area (TPSA) is 237 Å². The third kappa shape index (κ3) is 4.89. The van der Waals surface area contributed by atoms with E-state index in [0.717, 1.165) is 6.26 Å². The second-order valence-corrected chi connectivity index (χ2v) is 10.9. The van der Waals surface area contributed by atoms with Gasteiger partial charge in [-0.05, 0) is 23.2 Å². The number of carbonyl (C=O) groups is 2. The van der Waals surface area contributed by atoms with Crippen molar-refractivity contribution in [3.8, 4) is 0 Å². The van der Waals surface area contributed by atoms with E-state index in [2.05, 4.69) is 15.0 Å². The molecule has 0 bridgehead atoms. The molecule has 1 aliphatic rings. The molecule has 0 spiro atoms. The van der Waals surface area contributed by atoms with E-state index in [4.69, 9.17) is 26.8 Å². The molecule has 17 heteroatoms. The highest BCUT2D eigenvalue weighted by Crippen LogP contribution is 2.34. The molecule has 0 radical (unpaired) electrons. The predicted octanol–water partition coefficient (Wildman–Crippen LogP) is -0.748. The van der Waals surface area contributed by atoms with Crippen molar-refractivity contribution >= 4 is 50.4 Å². The van der Waals surface area contributed by atoms with Crippen molar-refractivity contribution in [2.45, 2.75) is 41.5 Å². The van der Waals surface area contributed by atoms with Crippen LogP contribution in [0, 0.1) is 0 Å². The Kier molecular flexibility index (Phi) is 7.30. The number of carboxylic acid groups (broad SMARTS) is 2. The first kappa shape index (κ1) is 27.6. The molecule has 6 N–H and O–H groups in total. The van der Waals surface area contributed by atoms with Crippen molar-refractivity contribution in [3.05, 3.63) is 41.4 Å². The molecule has 3 heterocycles. The molecular formula is C21H22ClN5O10S. The minimum absolute atomic E-state index is 0.0475. The van der Waals surface area contributed by atoms with Crippen LogP contribution < -0.4 is 5.73 Å². The van der Waals surface area contributed by atoms with Crippen LogP contribution in [0.3, 0.4) is 0 Å². The number of hydrogen-bond donors (Lipinski definition) is 5. The average Bonchev–Trinajstić information content (AvgIpc) is 3.37. The smallest absolute Gasteiger partial charge is 0.348 e. The first-order chi connectivity index (χ1) is 17.8. The maximum absolute atomic E-state index is 12.2. The summed E-state index contributed by atoms with van der Waals surface area (Å²) in [5.41, 5.74) is 2.93. The maximum Gasteiger partial charge on any atom is 0.348 e. The normalized spacial score (nSPS) is 22.1. The monoisotopic (exact) mass is 571 g/mol. The number of aliphatic hydroxyl groups excluding tert-OH is 2. The number of imidazole rings is 1. The Morgan fingerprint density at radius 2 is 1.84 bits per heavy atom. The van der Waals surface area contributed by atoms with Gasteiger partial charge in [0.05, 0.1) is 17.8 Å². The second kappa shape index (κ2) is 10.0. The molecule has 15 nitrogen and oxygen atoms in total. The lowest BCUT2D eigenvalue weighted by Gasteiger charge is -2.28. The van der Waals surface area contributed by atoms with Gasteiger partial charge in [-0.1, -0.05) is 18.2 Å². The minimum Gasteiger partial charge on any atom is -0.479 e. The van der Waals surface area contributed by atoms with Gasteiger partial charge in [0.2, 0.25) is 5.28 Å². The van der Waals surface area contributed by atoms with Crippen molar-refractivity contribution < 1.29 is 47.9 Å². The number of nitrogen functional groups attached to an aromatic ring is 1. The lowest BCUT2D eigenvalue weighted by molar-refractivity contribution is -0.190. The van der Waals surface area contributed by atoms with Gasteiger partial charge in [-0.2, -0.15) is 9.97 Å². The summed E-state index contributed by atoms with van der Waals surface area (Å²) in [4.78, 5) is 35.9. The number of fused-ring (bicyclic) bond motifs is 1. The van der Waals surface area contributed by atoms with Crippen LogP contribution in [-0.4, -0.2) is 97.1 Å². The molecule has 0 amide bonds. The van der Waals surface area contributed by atoms with Gasteiger partial charge in [0.15, 0.2) is 27.5 Å². The van der Waals surface area contributed by atoms with Gasteiger partial charge >= 0.3 is 11.9 Å². The Hall–Kier alpha value is -3.41. The van der Waals surface area contributed by atoms with Crippen molar-refractivity contribution in [1.29, 1.82) is 0 Å². The lowest BCUT2D eigenvalue weighted by Crippen LogP contribution is -2.53. The summed E-state index contributed by atoms with van der Waals surface area (Å²) >= 11 is 5.85. The molecule has 4 atom stereocenters. The van der Waals surface area contributed by atoms with Crippen LogP contribution in [0.15, 0.2) is 35.5 Å². The quantitative estimate of drug-likeness (QED) is 0.157. The van der Waals surface area contributed by atoms with E-state index in [1.165, 1.54) is 35.2 Å². The van der Waals surface area contributed by atoms with Crippen LogP contribution in [0.2, 0.25) is 5.28 Å². The molecule has 1 aromatic carbocycles. The summed E-state index contributed by atoms with van der Waals surface area (Å²) in [6.07, 6.45) is -4.75. The van der Waals surface area contributed by atoms with Crippen molar-refractivity contribution in [2.75, 3.05) is 18.6 Å². The van der Waals surface area contributed by atoms with Gasteiger partial charge < -0.3 is 35.6 Å². The first-order valence-electron chi connectivity index (χ1n) is 10.8. The number of aliphatic hydroxyl groups is 2. The average molecular weight is 572 g/mol. The zero-order valence-corrected chi connectivity index (χ0v) is 21.1. The van der Waals surface area contributed by atoms with Crippen molar-refractivity contribution in [1.82, 2.24) is 19.5 Å². The number of nitrogens with two attached hydrogens (primary N) is 1. The van der Waals surface area contributed by atoms with E-state index in [1.807, 2.05) is 0 Å². The maximum atomic E-state index is 12.2. The molecule has 1 aliphatic heterocycles. The van der Waals surface area contributed by atoms with Crippen LogP contribution in [0.4, 0.5) is 5.82 Å². The van der Waals surface area contributed by atoms with Crippen LogP contribution >= 0.6 is 11.6 Å². The largest absolute Gasteiger partial charge is 0.479 e. The Morgan fingerprint density at radius 3 is 2.47 bits per heavy atom. The molecule has 0 unspecified atom stereocenters. The molecule has 2 aromatic heterocycles. The van der Waals surface area contributed by atoms with Gasteiger partial charge in [-0.3, -0.25) is 4.57 Å². The van der Waals surface area contributed by atoms with E-state index < -0.39 is 64.9 Å². The number of aliphatic carboxylic acids is 2. The summed E-state index contributed by atoms with van der Waals surface area (Å²) in [5, 5.41) is 40.7. The summed E-state index contributed by atoms with van der Waals surface area (Å²) in [6, 6.07) is 5.30. The van der Waals surface area contributed by atoms with Gasteiger partial charge in [-0.15, -0.1) is 0 Å². The van der Waals surface area contributed by atoms with Crippen LogP contribution in [0.5, 0.6) is 0 Å². The second-order valence-electron chi connectivity index (χ2n) is 8.55. The summed E-state index contributed by atoms with van der Waals surface area (Å²) < 4.78 is 36.5. The highest BCUT2D eigenvalue weighted by atomic mass is 35.5. The molecule has 3 aromatic rings. The molecule has 1 saturated heterocycles. The zero-order chi connectivity index (χ0) is 28.0. The van der Waals surface area contributed by atoms with Crippen molar-refractivity contribution in [3.63, 3.8) is 0 Å². The van der Waals surface area contributed by atoms with E-state index in [1.54, 1.807) is 0 Å². The number of hydrogen-bond acceptors (Lipinski definition) is 12. The number of sulfone groups is 1. The SMILES string of the molecule is CS(=O)(=O)c1ccccc1CC(OC[C@H]1O[C@@H](n2cnc3c(N)nc(Cl)nc32)[C@H](O)[C@H]1O)(C(=O)O)C(=O)O. The first-order valence-corrected chi connectivity index (χ1v) is 13.1. The van der Waals surface area contributed by atoms with Gasteiger partial charge in [-0.25, -0.2) is 23.0 Å². The van der Waals surface area contributed by atoms with Crippen LogP contribution in [0.25, 0.3) is 11.2 Å². The molecule has 204 valence electrons. The Labute approximate surface area is 219 Å². The number of nitrogens with zero attached hydrogens (tertiary/aromatic N) is 4. The summed E-state index contributed by atoms with van der Waals surface area (Å²) in [6.45, 7) is -0.807. The number of benzene rings is 1. The van der Waals surface area contributed by atoms with Crippen molar-refractivity contribution in [2.24, 2.45) is 0 Å². The highest BCUT2D eigenvalue weighted by molar-refractivity contribution is 7.90. The Balaban J connectivity index is 1.62. The third-order valence-corrected chi connectivity index (χ3v) is 7.40. The van der Waals surface area contributed by atoms with Gasteiger partial charge in [0, 0.05) is 12.7 Å². The minimum atomic E-state index is -3.84. The number of anilines is 1. The fourth-order valence-corrected chi connectivity index (χ4v) is 5.23. The number of rotatable bonds is 9. The number of aromatic nitrogens is 4. The summed E-state index contributed by atoms with van der Waals surface area (Å²) in [5.74, 6) is -3.88. The van der Waals surface area contributed by atoms with E-state index in [9.17, 15) is 38.4 Å². The molecule has 0 saturated carbocycles. The number of halogens is 1. The number of ether oxygens (including phenoxy) is 2. The molecule has 4 rings (SSSR count). The standard InChI is InChI=1S/C21H22ClN5O10S/c1-38(34,35)11-5-3-2-4-9(11)6-21(18(30)31,19(32)33)36-7-10-13(28)14(29)17(37-10)27-8-24-12-15(23)25-20(22)26-16(12)27/h2-5,8,10,13-14,17,28-29H,6-7H2,1H3,(H,30,31)(H,32,33)(H2,23,25,26)/t10-,13+,14-,17-/m1/s1. The Morgan fingerprint density at radius 1 is 1.18 bits per heavy atom. The molecular weight excluding hydrogens is 550 g/mol. The van der Waals surface area contributed by atoms with Gasteiger partial charge in [0.25, 0.3) is 5.60 Å². The fraction of sp³-hybridized carbons (Fsp3) is 0.381. The van der Waals surface area contributed by atoms with Crippen LogP contribution in [-0.2, 0) is 35.3 Å².